The Kier molecular flexibility index (Phi) is 14.8. The summed E-state index contributed by atoms with van der Waals surface area (Å²) in [6.45, 7) is 23.0. The molecule has 0 fully saturated rings. The first-order valence-corrected chi connectivity index (χ1v) is 17.8. The minimum absolute atomic E-state index is 0. The summed E-state index contributed by atoms with van der Waals surface area (Å²) in [6.07, 6.45) is 10.0. The van der Waals surface area contributed by atoms with E-state index in [1.54, 1.807) is 3.21 Å². The summed E-state index contributed by atoms with van der Waals surface area (Å²) in [6, 6.07) is 37.8. The molecule has 0 saturated heterocycles. The van der Waals surface area contributed by atoms with Crippen molar-refractivity contribution in [3.8, 4) is 0 Å². The number of hydrogen-bond donors (Lipinski definition) is 0. The molecule has 6 rings (SSSR count). The molecule has 1 aliphatic carbocycles. The molecule has 0 aromatic heterocycles. The van der Waals surface area contributed by atoms with Gasteiger partial charge in [0.25, 0.3) is 0 Å². The van der Waals surface area contributed by atoms with E-state index in [1.165, 1.54) is 68.0 Å². The van der Waals surface area contributed by atoms with Crippen LogP contribution < -0.4 is 24.8 Å². The van der Waals surface area contributed by atoms with E-state index in [4.69, 9.17) is 0 Å². The Labute approximate surface area is 318 Å². The van der Waals surface area contributed by atoms with Crippen LogP contribution in [-0.2, 0) is 45.9 Å². The van der Waals surface area contributed by atoms with Gasteiger partial charge in [0.1, 0.15) is 0 Å². The average molecular weight is 755 g/mol. The SMILES string of the molecule is CC(C)(C)c1ccc2[cH-]c3ccc(C(C)(C)C)cc3c2c1.CC(C)([C](=[Zr+2])C(C)(C)c1ccccc1)c1ccccc1.[C-]1=CC=CC1.[Cl-].[Cl-]. The van der Waals surface area contributed by atoms with Crippen molar-refractivity contribution >= 4 is 24.8 Å². The van der Waals surface area contributed by atoms with Crippen LogP contribution in [0.25, 0.3) is 21.5 Å². The Morgan fingerprint density at radius 1 is 0.562 bits per heavy atom. The van der Waals surface area contributed by atoms with Crippen molar-refractivity contribution in [1.29, 1.82) is 0 Å². The summed E-state index contributed by atoms with van der Waals surface area (Å²) in [5.41, 5.74) is 6.19. The summed E-state index contributed by atoms with van der Waals surface area (Å²) in [5.74, 6) is 0. The molecule has 0 spiro atoms. The maximum absolute atomic E-state index is 2.99. The van der Waals surface area contributed by atoms with Crippen molar-refractivity contribution in [2.24, 2.45) is 0 Å². The van der Waals surface area contributed by atoms with E-state index in [2.05, 4.69) is 185 Å². The van der Waals surface area contributed by atoms with Crippen molar-refractivity contribution in [1.82, 2.24) is 0 Å². The number of benzene rings is 4. The van der Waals surface area contributed by atoms with Gasteiger partial charge < -0.3 is 24.8 Å². The predicted molar refractivity (Wildman–Crippen MR) is 200 cm³/mol. The maximum Gasteiger partial charge on any atom is -0.109 e. The molecule has 0 heterocycles. The van der Waals surface area contributed by atoms with E-state index in [9.17, 15) is 0 Å². The average Bonchev–Trinajstić information content (AvgIpc) is 3.72. The van der Waals surface area contributed by atoms with E-state index in [0.29, 0.717) is 0 Å². The number of halogens is 2. The first-order valence-electron chi connectivity index (χ1n) is 16.6. The Bertz CT molecular complexity index is 1690. The van der Waals surface area contributed by atoms with Crippen LogP contribution in [0.15, 0.2) is 121 Å². The van der Waals surface area contributed by atoms with Crippen molar-refractivity contribution in [2.75, 3.05) is 0 Å². The number of fused-ring (bicyclic) bond motifs is 3. The molecular weight excluding hydrogens is 703 g/mol. The third kappa shape index (κ3) is 10.1. The van der Waals surface area contributed by atoms with Gasteiger partial charge in [-0.1, -0.05) is 76.9 Å². The van der Waals surface area contributed by atoms with E-state index in [0.717, 1.165) is 6.42 Å². The fraction of sp³-hybridized carbons (Fsp3) is 0.333. The Morgan fingerprint density at radius 3 is 1.25 bits per heavy atom. The van der Waals surface area contributed by atoms with Crippen molar-refractivity contribution < 1.29 is 49.0 Å². The minimum atomic E-state index is 0. The second kappa shape index (κ2) is 17.0. The van der Waals surface area contributed by atoms with Gasteiger partial charge in [-0.3, -0.25) is 6.08 Å². The second-order valence-corrected chi connectivity index (χ2v) is 16.8. The van der Waals surface area contributed by atoms with Crippen molar-refractivity contribution in [3.63, 3.8) is 0 Å². The molecule has 1 aliphatic rings. The third-order valence-electron chi connectivity index (χ3n) is 9.27. The summed E-state index contributed by atoms with van der Waals surface area (Å²) in [5, 5.41) is 5.49. The van der Waals surface area contributed by atoms with Crippen LogP contribution in [-0.4, -0.2) is 3.21 Å². The summed E-state index contributed by atoms with van der Waals surface area (Å²) in [4.78, 5) is 0. The standard InChI is InChI=1S/C21H25.C19H22.C5H5.2ClH.Zr/c1-20(2,3)16-9-7-14-11-15-8-10-17(21(4,5)6)13-19(15)18(14)12-16;1-18(2,16-11-7-5-8-12-16)15-19(3,4)17-13-9-6-10-14-17;1-2-4-5-3-1;;;/h7-13H,1-6H3;5-14H,1-4H3;1-3H,4H2;2*1H;/q-1;;-1;;;+2/p-2. The topological polar surface area (TPSA) is 0 Å². The fourth-order valence-corrected chi connectivity index (χ4v) is 6.76. The van der Waals surface area contributed by atoms with Gasteiger partial charge in [-0.25, -0.2) is 12.2 Å². The second-order valence-electron chi connectivity index (χ2n) is 15.6. The predicted octanol–water partition coefficient (Wildman–Crippen LogP) is 6.28. The molecule has 0 nitrogen and oxygen atoms in total. The molecule has 0 N–H and O–H groups in total. The van der Waals surface area contributed by atoms with E-state index >= 15 is 0 Å². The largest absolute Gasteiger partial charge is 1.00 e. The van der Waals surface area contributed by atoms with Gasteiger partial charge in [0.05, 0.1) is 0 Å². The molecule has 0 saturated carbocycles. The van der Waals surface area contributed by atoms with Gasteiger partial charge in [0, 0.05) is 0 Å². The van der Waals surface area contributed by atoms with E-state index in [1.807, 2.05) is 12.2 Å². The summed E-state index contributed by atoms with van der Waals surface area (Å²) >= 11 is 1.51. The van der Waals surface area contributed by atoms with E-state index in [-0.39, 0.29) is 46.5 Å². The molecule has 48 heavy (non-hydrogen) atoms. The molecule has 252 valence electrons. The molecule has 0 radical (unpaired) electrons. The molecule has 0 aliphatic heterocycles. The first-order chi connectivity index (χ1) is 21.5. The third-order valence-corrected chi connectivity index (χ3v) is 12.3. The van der Waals surface area contributed by atoms with Crippen LogP contribution in [0.5, 0.6) is 0 Å². The van der Waals surface area contributed by atoms with Crippen molar-refractivity contribution in [2.45, 2.75) is 97.3 Å². The normalized spacial score (nSPS) is 12.8. The quantitative estimate of drug-likeness (QED) is 0.190. The van der Waals surface area contributed by atoms with Gasteiger partial charge in [-0.2, -0.15) is 6.08 Å². The van der Waals surface area contributed by atoms with Gasteiger partial charge in [0.2, 0.25) is 0 Å². The van der Waals surface area contributed by atoms with Crippen LogP contribution >= 0.6 is 0 Å². The molecule has 0 bridgehead atoms. The van der Waals surface area contributed by atoms with Crippen LogP contribution in [0.1, 0.15) is 97.9 Å². The molecule has 3 heteroatoms. The Morgan fingerprint density at radius 2 is 0.958 bits per heavy atom. The molecule has 5 aromatic carbocycles. The van der Waals surface area contributed by atoms with Gasteiger partial charge in [-0.15, -0.1) is 46.2 Å². The number of allylic oxidation sites excluding steroid dienone is 4. The summed E-state index contributed by atoms with van der Waals surface area (Å²) < 4.78 is 1.58. The molecule has 5 aromatic rings. The maximum atomic E-state index is 2.99. The molecular formula is C45H52Cl2Zr-2. The van der Waals surface area contributed by atoms with E-state index < -0.39 is 0 Å². The van der Waals surface area contributed by atoms with Gasteiger partial charge in [-0.05, 0) is 10.8 Å². The molecule has 0 unspecified atom stereocenters. The van der Waals surface area contributed by atoms with Crippen LogP contribution in [0.4, 0.5) is 0 Å². The molecule has 0 atom stereocenters. The molecule has 0 amide bonds. The Balaban J connectivity index is 0.000000281. The zero-order valence-electron chi connectivity index (χ0n) is 30.5. The number of rotatable bonds is 4. The number of hydrogen-bond acceptors (Lipinski definition) is 0. The smallest absolute Gasteiger partial charge is 0.109 e. The first kappa shape index (κ1) is 41.7. The van der Waals surface area contributed by atoms with Crippen molar-refractivity contribution in [3.05, 3.63) is 150 Å². The zero-order chi connectivity index (χ0) is 33.8. The van der Waals surface area contributed by atoms with Crippen LogP contribution in [0, 0.1) is 6.08 Å². The van der Waals surface area contributed by atoms with Gasteiger partial charge in [0.15, 0.2) is 0 Å². The Hall–Kier alpha value is -2.44. The van der Waals surface area contributed by atoms with Gasteiger partial charge >= 0.3 is 138 Å². The fourth-order valence-electron chi connectivity index (χ4n) is 6.05. The summed E-state index contributed by atoms with van der Waals surface area (Å²) in [7, 11) is 0. The monoisotopic (exact) mass is 752 g/mol. The zero-order valence-corrected chi connectivity index (χ0v) is 34.5. The van der Waals surface area contributed by atoms with Crippen LogP contribution in [0.2, 0.25) is 0 Å². The van der Waals surface area contributed by atoms with Crippen LogP contribution in [0.3, 0.4) is 0 Å². The minimum Gasteiger partial charge on any atom is -1.00 e.